The number of phenols is 4. The van der Waals surface area contributed by atoms with Crippen molar-refractivity contribution in [2.75, 3.05) is 0 Å². The zero-order chi connectivity index (χ0) is 25.8. The van der Waals surface area contributed by atoms with Gasteiger partial charge in [-0.25, -0.2) is 0 Å². The monoisotopic (exact) mass is 496 g/mol. The molecule has 2 aromatic carbocycles. The molecular formula is C32H48O4. The number of hydrogen-bond acceptors (Lipinski definition) is 4. The molecule has 0 spiro atoms. The molecule has 0 aromatic heterocycles. The third kappa shape index (κ3) is 14.7. The minimum absolute atomic E-state index is 0.146. The molecule has 0 aliphatic heterocycles. The molecule has 36 heavy (non-hydrogen) atoms. The Morgan fingerprint density at radius 3 is 0.972 bits per heavy atom. The highest BCUT2D eigenvalue weighted by Gasteiger charge is 2.01. The minimum Gasteiger partial charge on any atom is -0.508 e. The Morgan fingerprint density at radius 2 is 0.639 bits per heavy atom. The van der Waals surface area contributed by atoms with Crippen LogP contribution >= 0.6 is 0 Å². The molecule has 0 radical (unpaired) electrons. The molecule has 2 rings (SSSR count). The molecule has 0 fully saturated rings. The standard InChI is InChI=1S/C32H48O4/c33-29-21-27(22-30(34)25-29)19-17-15-13-11-9-7-5-3-1-2-4-6-8-10-12-14-16-18-20-28-23-31(35)26-32(36)24-28/h1-2,21-26,33-36H,3-20H2. The van der Waals surface area contributed by atoms with Crippen LogP contribution in [0, 0.1) is 0 Å². The van der Waals surface area contributed by atoms with E-state index in [-0.39, 0.29) is 23.0 Å². The van der Waals surface area contributed by atoms with Crippen molar-refractivity contribution in [1.82, 2.24) is 0 Å². The highest BCUT2D eigenvalue weighted by Crippen LogP contribution is 2.23. The van der Waals surface area contributed by atoms with Gasteiger partial charge in [-0.15, -0.1) is 0 Å². The maximum Gasteiger partial charge on any atom is 0.119 e. The van der Waals surface area contributed by atoms with Gasteiger partial charge in [-0.3, -0.25) is 0 Å². The van der Waals surface area contributed by atoms with Crippen LogP contribution in [-0.2, 0) is 12.8 Å². The summed E-state index contributed by atoms with van der Waals surface area (Å²) in [5, 5.41) is 38.1. The van der Waals surface area contributed by atoms with Gasteiger partial charge in [0.25, 0.3) is 0 Å². The fourth-order valence-electron chi connectivity index (χ4n) is 4.79. The summed E-state index contributed by atoms with van der Waals surface area (Å²) in [4.78, 5) is 0. The van der Waals surface area contributed by atoms with Gasteiger partial charge in [0.05, 0.1) is 0 Å². The molecule has 4 N–H and O–H groups in total. The van der Waals surface area contributed by atoms with Crippen LogP contribution in [0.4, 0.5) is 0 Å². The van der Waals surface area contributed by atoms with Crippen molar-refractivity contribution >= 4 is 0 Å². The molecule has 2 aromatic rings. The van der Waals surface area contributed by atoms with E-state index in [2.05, 4.69) is 12.2 Å². The van der Waals surface area contributed by atoms with E-state index >= 15 is 0 Å². The van der Waals surface area contributed by atoms with Gasteiger partial charge in [0.15, 0.2) is 0 Å². The molecule has 0 aliphatic rings. The lowest BCUT2D eigenvalue weighted by atomic mass is 10.0. The van der Waals surface area contributed by atoms with Crippen LogP contribution in [0.15, 0.2) is 48.6 Å². The van der Waals surface area contributed by atoms with Crippen LogP contribution in [0.2, 0.25) is 0 Å². The second kappa shape index (κ2) is 18.6. The van der Waals surface area contributed by atoms with Crippen molar-refractivity contribution in [1.29, 1.82) is 0 Å². The first-order chi connectivity index (χ1) is 17.5. The summed E-state index contributed by atoms with van der Waals surface area (Å²) in [6.45, 7) is 0. The van der Waals surface area contributed by atoms with Gasteiger partial charge >= 0.3 is 0 Å². The molecule has 0 heterocycles. The van der Waals surface area contributed by atoms with E-state index in [1.807, 2.05) is 0 Å². The Kier molecular flexibility index (Phi) is 15.3. The lowest BCUT2D eigenvalue weighted by Crippen LogP contribution is -1.87. The zero-order valence-corrected chi connectivity index (χ0v) is 22.1. The number of unbranched alkanes of at least 4 members (excludes halogenated alkanes) is 14. The van der Waals surface area contributed by atoms with Crippen molar-refractivity contribution in [3.05, 3.63) is 59.7 Å². The van der Waals surface area contributed by atoms with Crippen LogP contribution in [0.1, 0.15) is 114 Å². The number of aryl methyl sites for hydroxylation is 2. The normalized spacial score (nSPS) is 11.4. The van der Waals surface area contributed by atoms with Crippen LogP contribution in [-0.4, -0.2) is 20.4 Å². The number of rotatable bonds is 20. The average Bonchev–Trinajstić information content (AvgIpc) is 2.81. The van der Waals surface area contributed by atoms with Crippen molar-refractivity contribution in [3.8, 4) is 23.0 Å². The molecule has 0 amide bonds. The van der Waals surface area contributed by atoms with Crippen molar-refractivity contribution in [2.45, 2.75) is 116 Å². The quantitative estimate of drug-likeness (QED) is 0.109. The summed E-state index contributed by atoms with van der Waals surface area (Å²) < 4.78 is 0. The predicted octanol–water partition coefficient (Wildman–Crippen LogP) is 9.09. The first-order valence-corrected chi connectivity index (χ1v) is 14.2. The fourth-order valence-corrected chi connectivity index (χ4v) is 4.79. The summed E-state index contributed by atoms with van der Waals surface area (Å²) in [6, 6.07) is 9.72. The molecule has 0 unspecified atom stereocenters. The molecule has 0 aliphatic carbocycles. The highest BCUT2D eigenvalue weighted by molar-refractivity contribution is 5.37. The van der Waals surface area contributed by atoms with E-state index in [0.29, 0.717) is 0 Å². The molecule has 0 atom stereocenters. The summed E-state index contributed by atoms with van der Waals surface area (Å²) >= 11 is 0. The smallest absolute Gasteiger partial charge is 0.119 e. The Balaban J connectivity index is 1.29. The first-order valence-electron chi connectivity index (χ1n) is 14.2. The van der Waals surface area contributed by atoms with Gasteiger partial charge in [0.1, 0.15) is 23.0 Å². The Morgan fingerprint density at radius 1 is 0.361 bits per heavy atom. The van der Waals surface area contributed by atoms with Crippen molar-refractivity contribution < 1.29 is 20.4 Å². The molecular weight excluding hydrogens is 448 g/mol. The highest BCUT2D eigenvalue weighted by atomic mass is 16.3. The summed E-state index contributed by atoms with van der Waals surface area (Å²) in [5.74, 6) is 0.585. The van der Waals surface area contributed by atoms with Crippen LogP contribution < -0.4 is 0 Å². The van der Waals surface area contributed by atoms with Gasteiger partial charge < -0.3 is 20.4 Å². The second-order valence-electron chi connectivity index (χ2n) is 10.2. The molecule has 4 heteroatoms. The topological polar surface area (TPSA) is 80.9 Å². The summed E-state index contributed by atoms with van der Waals surface area (Å²) in [6.07, 6.45) is 26.6. The van der Waals surface area contributed by atoms with E-state index in [0.717, 1.165) is 36.8 Å². The van der Waals surface area contributed by atoms with Gasteiger partial charge in [-0.2, -0.15) is 0 Å². The minimum atomic E-state index is 0.146. The molecule has 0 saturated carbocycles. The van der Waals surface area contributed by atoms with Crippen molar-refractivity contribution in [2.24, 2.45) is 0 Å². The van der Waals surface area contributed by atoms with E-state index in [1.165, 1.54) is 102 Å². The number of aromatic hydroxyl groups is 4. The van der Waals surface area contributed by atoms with E-state index in [9.17, 15) is 20.4 Å². The van der Waals surface area contributed by atoms with Crippen LogP contribution in [0.25, 0.3) is 0 Å². The largest absolute Gasteiger partial charge is 0.508 e. The third-order valence-corrected chi connectivity index (χ3v) is 6.76. The number of phenolic OH excluding ortho intramolecular Hbond substituents is 4. The Bertz CT molecular complexity index is 762. The number of hydrogen-bond donors (Lipinski definition) is 4. The molecule has 4 nitrogen and oxygen atoms in total. The first kappa shape index (κ1) is 29.6. The van der Waals surface area contributed by atoms with Crippen LogP contribution in [0.3, 0.4) is 0 Å². The Labute approximate surface area is 218 Å². The molecule has 200 valence electrons. The van der Waals surface area contributed by atoms with E-state index in [1.54, 1.807) is 24.3 Å². The van der Waals surface area contributed by atoms with E-state index in [4.69, 9.17) is 0 Å². The third-order valence-electron chi connectivity index (χ3n) is 6.76. The molecule has 0 saturated heterocycles. The van der Waals surface area contributed by atoms with Gasteiger partial charge in [-0.05, 0) is 86.8 Å². The fraction of sp³-hybridized carbons (Fsp3) is 0.562. The lowest BCUT2D eigenvalue weighted by molar-refractivity contribution is 0.447. The maximum atomic E-state index is 9.52. The SMILES string of the molecule is Oc1cc(O)cc(CCCCCCCCCC=CCCCCCCCCCc2cc(O)cc(O)c2)c1. The molecule has 0 bridgehead atoms. The lowest BCUT2D eigenvalue weighted by Gasteiger charge is -2.04. The van der Waals surface area contributed by atoms with E-state index < -0.39 is 0 Å². The average molecular weight is 497 g/mol. The van der Waals surface area contributed by atoms with Crippen LogP contribution in [0.5, 0.6) is 23.0 Å². The van der Waals surface area contributed by atoms with Gasteiger partial charge in [0.2, 0.25) is 0 Å². The summed E-state index contributed by atoms with van der Waals surface area (Å²) in [7, 11) is 0. The second-order valence-corrected chi connectivity index (χ2v) is 10.2. The Hall–Kier alpha value is -2.62. The zero-order valence-electron chi connectivity index (χ0n) is 22.1. The van der Waals surface area contributed by atoms with Gasteiger partial charge in [-0.1, -0.05) is 76.4 Å². The number of allylic oxidation sites excluding steroid dienone is 2. The van der Waals surface area contributed by atoms with Gasteiger partial charge in [0, 0.05) is 12.1 Å². The predicted molar refractivity (Wildman–Crippen MR) is 150 cm³/mol. The van der Waals surface area contributed by atoms with Crippen molar-refractivity contribution in [3.63, 3.8) is 0 Å². The summed E-state index contributed by atoms with van der Waals surface area (Å²) in [5.41, 5.74) is 2.03. The maximum absolute atomic E-state index is 9.52. The number of benzene rings is 2.